The van der Waals surface area contributed by atoms with Gasteiger partial charge in [-0.3, -0.25) is 0 Å². The van der Waals surface area contributed by atoms with Crippen LogP contribution in [0.25, 0.3) is 93.2 Å². The van der Waals surface area contributed by atoms with Crippen molar-refractivity contribution in [3.8, 4) is 44.5 Å². The lowest BCUT2D eigenvalue weighted by Gasteiger charge is -2.21. The molecule has 0 unspecified atom stereocenters. The van der Waals surface area contributed by atoms with Crippen molar-refractivity contribution in [3.05, 3.63) is 163 Å². The van der Waals surface area contributed by atoms with Gasteiger partial charge >= 0.3 is 0 Å². The fraction of sp³-hybridized carbons (Fsp3) is 0.200. The molecule has 0 saturated heterocycles. The molecule has 0 nitrogen and oxygen atoms in total. The van der Waals surface area contributed by atoms with Crippen LogP contribution >= 0.6 is 0 Å². The van der Waals surface area contributed by atoms with Crippen molar-refractivity contribution in [1.82, 2.24) is 0 Å². The molecule has 0 saturated carbocycles. The molecule has 8 aromatic rings. The fourth-order valence-electron chi connectivity index (χ4n) is 8.22. The maximum atomic E-state index is 2.49. The first-order valence-corrected chi connectivity index (χ1v) is 20.3. The first kappa shape index (κ1) is 40.5. The number of fused-ring (bicyclic) bond motifs is 8. The Labute approximate surface area is 330 Å². The minimum Gasteiger partial charge on any atom is -0.0836 e. The fourth-order valence-corrected chi connectivity index (χ4v) is 8.22. The van der Waals surface area contributed by atoms with E-state index in [1.54, 1.807) is 0 Å². The van der Waals surface area contributed by atoms with E-state index in [-0.39, 0.29) is 7.43 Å². The van der Waals surface area contributed by atoms with E-state index in [4.69, 9.17) is 0 Å². The third kappa shape index (κ3) is 7.03. The molecule has 0 heteroatoms. The molecule has 8 aromatic carbocycles. The number of hydrogen-bond donors (Lipinski definition) is 0. The van der Waals surface area contributed by atoms with Crippen LogP contribution in [0.2, 0.25) is 0 Å². The summed E-state index contributed by atoms with van der Waals surface area (Å²) in [5.74, 6) is 0. The third-order valence-electron chi connectivity index (χ3n) is 10.2. The second kappa shape index (κ2) is 18.5. The highest BCUT2D eigenvalue weighted by Gasteiger charge is 2.31. The highest BCUT2D eigenvalue weighted by atomic mass is 14.3. The number of rotatable bonds is 3. The van der Waals surface area contributed by atoms with E-state index in [1.807, 2.05) is 55.4 Å². The summed E-state index contributed by atoms with van der Waals surface area (Å²) < 4.78 is 0. The molecule has 0 spiro atoms. The van der Waals surface area contributed by atoms with Gasteiger partial charge in [-0.25, -0.2) is 0 Å². The molecule has 10 rings (SSSR count). The number of benzene rings is 8. The summed E-state index contributed by atoms with van der Waals surface area (Å²) in [5, 5.41) is 10.5. The molecule has 0 atom stereocenters. The van der Waals surface area contributed by atoms with Crippen molar-refractivity contribution in [2.45, 2.75) is 75.7 Å². The molecule has 0 aliphatic heterocycles. The summed E-state index contributed by atoms with van der Waals surface area (Å²) in [5.41, 5.74) is 13.1. The van der Waals surface area contributed by atoms with Crippen LogP contribution in [-0.4, -0.2) is 0 Å². The Balaban J connectivity index is 0.000000608. The van der Waals surface area contributed by atoms with Gasteiger partial charge in [0, 0.05) is 0 Å². The SMILES string of the molecule is C.C1=CC(c2ccc3c(-c4ccccc4)c4c(c(-c5ccccc5)c3c2)-c2cccc3c2c-4cc2c4ccccc4ccc32)=CCC1.CC.CC.CC.CC. The van der Waals surface area contributed by atoms with Gasteiger partial charge in [0.05, 0.1) is 0 Å². The Hall–Kier alpha value is -5.72. The Bertz CT molecular complexity index is 2600. The standard InChI is InChI=1S/C46H30.4C2H6.CH4/c1-4-13-29(14-5-1)33-24-26-37-40(27-33)43(32-18-8-3-9-19-32)45-38-22-12-21-36-35-25-23-30-15-10-11-20-34(30)39(35)28-41(44(36)38)46(45)42(37)31-16-6-2-7-17-31;4*1-2;/h2-4,6-28H,1,5H2;4*1-2H3;1H4. The van der Waals surface area contributed by atoms with Crippen molar-refractivity contribution >= 4 is 48.7 Å². The van der Waals surface area contributed by atoms with Crippen molar-refractivity contribution in [2.75, 3.05) is 0 Å². The van der Waals surface area contributed by atoms with Gasteiger partial charge in [0.15, 0.2) is 0 Å². The zero-order chi connectivity index (χ0) is 38.2. The summed E-state index contributed by atoms with van der Waals surface area (Å²) in [6, 6.07) is 52.2. The summed E-state index contributed by atoms with van der Waals surface area (Å²) >= 11 is 0. The van der Waals surface area contributed by atoms with E-state index < -0.39 is 0 Å². The van der Waals surface area contributed by atoms with E-state index in [9.17, 15) is 0 Å². The lowest BCUT2D eigenvalue weighted by Crippen LogP contribution is -1.95. The van der Waals surface area contributed by atoms with Crippen molar-refractivity contribution in [2.24, 2.45) is 0 Å². The molecular weight excluding hydrogens is 661 g/mol. The van der Waals surface area contributed by atoms with Crippen LogP contribution < -0.4 is 0 Å². The monoisotopic (exact) mass is 718 g/mol. The van der Waals surface area contributed by atoms with Crippen LogP contribution in [0.1, 0.15) is 81.2 Å². The summed E-state index contributed by atoms with van der Waals surface area (Å²) in [6.45, 7) is 16.0. The van der Waals surface area contributed by atoms with Gasteiger partial charge in [-0.15, -0.1) is 0 Å². The molecule has 0 amide bonds. The normalized spacial score (nSPS) is 11.7. The second-order valence-electron chi connectivity index (χ2n) is 12.7. The van der Waals surface area contributed by atoms with Crippen LogP contribution in [0.3, 0.4) is 0 Å². The zero-order valence-corrected chi connectivity index (χ0v) is 33.4. The predicted octanol–water partition coefficient (Wildman–Crippen LogP) is 17.8. The Morgan fingerprint density at radius 2 is 0.945 bits per heavy atom. The van der Waals surface area contributed by atoms with Crippen LogP contribution in [-0.2, 0) is 0 Å². The van der Waals surface area contributed by atoms with Gasteiger partial charge in [-0.05, 0) is 124 Å². The van der Waals surface area contributed by atoms with E-state index >= 15 is 0 Å². The van der Waals surface area contributed by atoms with Crippen molar-refractivity contribution in [1.29, 1.82) is 0 Å². The maximum absolute atomic E-state index is 2.49. The molecule has 0 radical (unpaired) electrons. The van der Waals surface area contributed by atoms with Gasteiger partial charge in [0.2, 0.25) is 0 Å². The Kier molecular flexibility index (Phi) is 13.6. The molecule has 2 aliphatic rings. The lowest BCUT2D eigenvalue weighted by molar-refractivity contribution is 1.04. The third-order valence-corrected chi connectivity index (χ3v) is 10.2. The van der Waals surface area contributed by atoms with Crippen LogP contribution in [0, 0.1) is 0 Å². The Morgan fingerprint density at radius 1 is 0.364 bits per heavy atom. The minimum absolute atomic E-state index is 0. The lowest BCUT2D eigenvalue weighted by atomic mass is 9.81. The van der Waals surface area contributed by atoms with Gasteiger partial charge < -0.3 is 0 Å². The summed E-state index contributed by atoms with van der Waals surface area (Å²) in [6.07, 6.45) is 9.20. The van der Waals surface area contributed by atoms with Crippen LogP contribution in [0.15, 0.2) is 158 Å². The second-order valence-corrected chi connectivity index (χ2v) is 12.7. The van der Waals surface area contributed by atoms with Crippen molar-refractivity contribution < 1.29 is 0 Å². The van der Waals surface area contributed by atoms with Crippen LogP contribution in [0.5, 0.6) is 0 Å². The van der Waals surface area contributed by atoms with E-state index in [1.165, 1.54) is 98.7 Å². The van der Waals surface area contributed by atoms with Gasteiger partial charge in [0.1, 0.15) is 0 Å². The smallest absolute Gasteiger partial charge is 0.000719 e. The zero-order valence-electron chi connectivity index (χ0n) is 33.4. The number of allylic oxidation sites excluding steroid dienone is 4. The molecule has 0 bridgehead atoms. The quantitative estimate of drug-likeness (QED) is 0.160. The molecule has 2 aliphatic carbocycles. The minimum atomic E-state index is 0. The molecule has 55 heavy (non-hydrogen) atoms. The highest BCUT2D eigenvalue weighted by Crippen LogP contribution is 2.59. The van der Waals surface area contributed by atoms with E-state index in [0.29, 0.717) is 0 Å². The number of hydrogen-bond acceptors (Lipinski definition) is 0. The average Bonchev–Trinajstić information content (AvgIpc) is 3.60. The largest absolute Gasteiger partial charge is 0.0836 e. The highest BCUT2D eigenvalue weighted by molar-refractivity contribution is 6.32. The van der Waals surface area contributed by atoms with Gasteiger partial charge in [0.25, 0.3) is 0 Å². The van der Waals surface area contributed by atoms with Crippen LogP contribution in [0.4, 0.5) is 0 Å². The van der Waals surface area contributed by atoms with Gasteiger partial charge in [-0.2, -0.15) is 0 Å². The molecule has 278 valence electrons. The topological polar surface area (TPSA) is 0 Å². The average molecular weight is 719 g/mol. The summed E-state index contributed by atoms with van der Waals surface area (Å²) in [7, 11) is 0. The molecule has 0 fully saturated rings. The summed E-state index contributed by atoms with van der Waals surface area (Å²) in [4.78, 5) is 0. The van der Waals surface area contributed by atoms with Crippen molar-refractivity contribution in [3.63, 3.8) is 0 Å². The first-order valence-electron chi connectivity index (χ1n) is 20.3. The van der Waals surface area contributed by atoms with E-state index in [0.717, 1.165) is 12.8 Å². The Morgan fingerprint density at radius 3 is 1.60 bits per heavy atom. The first-order chi connectivity index (χ1) is 26.8. The van der Waals surface area contributed by atoms with Gasteiger partial charge in [-0.1, -0.05) is 208 Å². The molecule has 0 N–H and O–H groups in total. The predicted molar refractivity (Wildman–Crippen MR) is 250 cm³/mol. The molecule has 0 aromatic heterocycles. The molecule has 0 heterocycles. The van der Waals surface area contributed by atoms with E-state index in [2.05, 4.69) is 158 Å². The molecular formula is C55H58. The maximum Gasteiger partial charge on any atom is -0.000719 e.